The fourth-order valence-electron chi connectivity index (χ4n) is 2.78. The van der Waals surface area contributed by atoms with E-state index in [-0.39, 0.29) is 36.1 Å². The van der Waals surface area contributed by atoms with Crippen LogP contribution < -0.4 is 15.4 Å². The van der Waals surface area contributed by atoms with Gasteiger partial charge in [0.1, 0.15) is 0 Å². The largest absolute Gasteiger partial charge is 0.416 e. The lowest BCUT2D eigenvalue weighted by Gasteiger charge is -2.15. The summed E-state index contributed by atoms with van der Waals surface area (Å²) in [5.41, 5.74) is -2.68. The number of nitrogens with one attached hydrogen (secondary N) is 3. The second-order valence-corrected chi connectivity index (χ2v) is 8.78. The van der Waals surface area contributed by atoms with Gasteiger partial charge in [0.15, 0.2) is 0 Å². The minimum Gasteiger partial charge on any atom is -0.334 e. The van der Waals surface area contributed by atoms with Crippen LogP contribution in [0.25, 0.3) is 0 Å². The summed E-state index contributed by atoms with van der Waals surface area (Å²) >= 11 is 0. The number of hydrogen-bond acceptors (Lipinski definition) is 4. The highest BCUT2D eigenvalue weighted by Gasteiger charge is 2.38. The number of benzene rings is 2. The van der Waals surface area contributed by atoms with Crippen molar-refractivity contribution in [3.63, 3.8) is 0 Å². The van der Waals surface area contributed by atoms with E-state index in [1.807, 2.05) is 4.72 Å². The average Bonchev–Trinajstić information content (AvgIpc) is 2.78. The molecule has 2 aromatic carbocycles. The molecule has 35 heavy (non-hydrogen) atoms. The summed E-state index contributed by atoms with van der Waals surface area (Å²) in [7, 11) is -4.81. The van der Waals surface area contributed by atoms with E-state index in [2.05, 4.69) is 15.6 Å². The van der Waals surface area contributed by atoms with E-state index in [0.29, 0.717) is 0 Å². The first-order valence-electron chi connectivity index (χ1n) is 9.60. The molecule has 0 saturated carbocycles. The lowest BCUT2D eigenvalue weighted by molar-refractivity contribution is -0.143. The van der Waals surface area contributed by atoms with Crippen molar-refractivity contribution in [1.82, 2.24) is 10.3 Å². The van der Waals surface area contributed by atoms with Gasteiger partial charge in [-0.2, -0.15) is 26.3 Å². The molecule has 3 rings (SSSR count). The van der Waals surface area contributed by atoms with E-state index < -0.39 is 44.4 Å². The van der Waals surface area contributed by atoms with Crippen LogP contribution >= 0.6 is 0 Å². The summed E-state index contributed by atoms with van der Waals surface area (Å²) < 4.78 is 105. The van der Waals surface area contributed by atoms with Gasteiger partial charge in [0.05, 0.1) is 16.0 Å². The highest BCUT2D eigenvalue weighted by Crippen LogP contribution is 2.37. The van der Waals surface area contributed by atoms with Gasteiger partial charge in [-0.05, 0) is 54.1 Å². The van der Waals surface area contributed by atoms with Gasteiger partial charge in [0.2, 0.25) is 0 Å². The van der Waals surface area contributed by atoms with Crippen LogP contribution in [0.3, 0.4) is 0 Å². The van der Waals surface area contributed by atoms with E-state index in [4.69, 9.17) is 0 Å². The van der Waals surface area contributed by atoms with E-state index >= 15 is 0 Å². The van der Waals surface area contributed by atoms with Gasteiger partial charge in [-0.1, -0.05) is 6.07 Å². The first-order valence-corrected chi connectivity index (χ1v) is 11.1. The summed E-state index contributed by atoms with van der Waals surface area (Å²) in [6.07, 6.45) is -7.27. The number of carbonyl (C=O) groups excluding carboxylic acids is 1. The van der Waals surface area contributed by atoms with Gasteiger partial charge in [-0.15, -0.1) is 0 Å². The molecule has 7 nitrogen and oxygen atoms in total. The monoisotopic (exact) mass is 518 g/mol. The molecule has 0 fully saturated rings. The Kier molecular flexibility index (Phi) is 7.24. The van der Waals surface area contributed by atoms with Gasteiger partial charge in [-0.3, -0.25) is 9.71 Å². The SMILES string of the molecule is O=C(NCc1cccnc1)Nc1ccc(NS(=O)(=O)c2cc(C(F)(F)F)cc(C(F)(F)F)c2)cc1. The van der Waals surface area contributed by atoms with E-state index in [0.717, 1.165) is 5.56 Å². The van der Waals surface area contributed by atoms with Gasteiger partial charge < -0.3 is 10.6 Å². The van der Waals surface area contributed by atoms with Crippen LogP contribution in [-0.2, 0) is 28.9 Å². The number of halogens is 6. The van der Waals surface area contributed by atoms with Crippen LogP contribution in [0.5, 0.6) is 0 Å². The van der Waals surface area contributed by atoms with Crippen molar-refractivity contribution in [2.24, 2.45) is 0 Å². The van der Waals surface area contributed by atoms with Gasteiger partial charge in [-0.25, -0.2) is 13.2 Å². The molecule has 0 spiro atoms. The van der Waals surface area contributed by atoms with Crippen LogP contribution in [0, 0.1) is 0 Å². The van der Waals surface area contributed by atoms with E-state index in [1.165, 1.54) is 24.3 Å². The van der Waals surface area contributed by atoms with Gasteiger partial charge >= 0.3 is 18.4 Å². The molecule has 1 aromatic heterocycles. The number of amides is 2. The quantitative estimate of drug-likeness (QED) is 0.389. The Morgan fingerprint density at radius 1 is 0.857 bits per heavy atom. The Hall–Kier alpha value is -3.81. The highest BCUT2D eigenvalue weighted by atomic mass is 32.2. The summed E-state index contributed by atoms with van der Waals surface area (Å²) in [4.78, 5) is 14.7. The molecule has 3 aromatic rings. The number of pyridine rings is 1. The Labute approximate surface area is 195 Å². The third-order valence-corrected chi connectivity index (χ3v) is 5.80. The molecule has 186 valence electrons. The molecule has 0 aliphatic heterocycles. The Morgan fingerprint density at radius 2 is 1.43 bits per heavy atom. The number of alkyl halides is 6. The van der Waals surface area contributed by atoms with Crippen molar-refractivity contribution in [2.45, 2.75) is 23.8 Å². The first kappa shape index (κ1) is 25.8. The maximum absolute atomic E-state index is 13.0. The fourth-order valence-corrected chi connectivity index (χ4v) is 3.91. The van der Waals surface area contributed by atoms with Crippen LogP contribution in [0.15, 0.2) is 71.9 Å². The number of rotatable bonds is 6. The molecule has 0 atom stereocenters. The lowest BCUT2D eigenvalue weighted by atomic mass is 10.1. The molecule has 0 radical (unpaired) electrons. The summed E-state index contributed by atoms with van der Waals surface area (Å²) in [6, 6.07) is 7.83. The number of anilines is 2. The molecule has 0 aliphatic rings. The van der Waals surface area contributed by atoms with Crippen LogP contribution in [-0.4, -0.2) is 19.4 Å². The molecular formula is C21H16F6N4O3S. The van der Waals surface area contributed by atoms with Gasteiger partial charge in [0.25, 0.3) is 10.0 Å². The van der Waals surface area contributed by atoms with Crippen molar-refractivity contribution in [2.75, 3.05) is 10.0 Å². The number of carbonyl (C=O) groups is 1. The van der Waals surface area contributed by atoms with Crippen molar-refractivity contribution >= 4 is 27.4 Å². The third kappa shape index (κ3) is 7.09. The molecule has 0 saturated heterocycles. The number of nitrogens with zero attached hydrogens (tertiary/aromatic N) is 1. The zero-order valence-electron chi connectivity index (χ0n) is 17.4. The van der Waals surface area contributed by atoms with Crippen LogP contribution in [0.2, 0.25) is 0 Å². The normalized spacial score (nSPS) is 12.2. The number of aromatic nitrogens is 1. The standard InChI is InChI=1S/C21H16F6N4O3S/c22-20(23,24)14-8-15(21(25,26)27)10-18(9-14)35(33,34)31-17-5-3-16(4-6-17)30-19(32)29-12-13-2-1-7-28-11-13/h1-11,31H,12H2,(H2,29,30,32). The number of sulfonamides is 1. The molecule has 2 amide bonds. The molecule has 0 bridgehead atoms. The molecule has 3 N–H and O–H groups in total. The topological polar surface area (TPSA) is 100 Å². The second kappa shape index (κ2) is 9.82. The molecular weight excluding hydrogens is 502 g/mol. The summed E-state index contributed by atoms with van der Waals surface area (Å²) in [5.74, 6) is 0. The predicted molar refractivity (Wildman–Crippen MR) is 114 cm³/mol. The zero-order chi connectivity index (χ0) is 25.9. The summed E-state index contributed by atoms with van der Waals surface area (Å²) in [6.45, 7) is 0.189. The Bertz CT molecular complexity index is 1260. The number of urea groups is 1. The Morgan fingerprint density at radius 3 is 1.94 bits per heavy atom. The Balaban J connectivity index is 1.72. The minimum atomic E-state index is -5.20. The van der Waals surface area contributed by atoms with Gasteiger partial charge in [0, 0.05) is 30.3 Å². The maximum atomic E-state index is 13.0. The predicted octanol–water partition coefficient (Wildman–Crippen LogP) is 5.24. The van der Waals surface area contributed by atoms with Crippen molar-refractivity contribution in [3.05, 3.63) is 83.7 Å². The van der Waals surface area contributed by atoms with Crippen LogP contribution in [0.1, 0.15) is 16.7 Å². The molecule has 0 unspecified atom stereocenters. The smallest absolute Gasteiger partial charge is 0.334 e. The van der Waals surface area contributed by atoms with E-state index in [9.17, 15) is 39.6 Å². The number of hydrogen-bond donors (Lipinski definition) is 3. The average molecular weight is 518 g/mol. The lowest BCUT2D eigenvalue weighted by Crippen LogP contribution is -2.28. The molecule has 0 aliphatic carbocycles. The maximum Gasteiger partial charge on any atom is 0.416 e. The molecule has 14 heteroatoms. The third-order valence-electron chi connectivity index (χ3n) is 4.44. The van der Waals surface area contributed by atoms with Crippen molar-refractivity contribution in [1.29, 1.82) is 0 Å². The molecule has 1 heterocycles. The van der Waals surface area contributed by atoms with Crippen LogP contribution in [0.4, 0.5) is 42.5 Å². The summed E-state index contributed by atoms with van der Waals surface area (Å²) in [5, 5.41) is 5.06. The first-order chi connectivity index (χ1) is 16.2. The highest BCUT2D eigenvalue weighted by molar-refractivity contribution is 7.92. The minimum absolute atomic E-state index is 0.111. The van der Waals surface area contributed by atoms with Crippen molar-refractivity contribution in [3.8, 4) is 0 Å². The fraction of sp³-hybridized carbons (Fsp3) is 0.143. The van der Waals surface area contributed by atoms with Crippen molar-refractivity contribution < 1.29 is 39.6 Å². The zero-order valence-corrected chi connectivity index (χ0v) is 18.2. The second-order valence-electron chi connectivity index (χ2n) is 7.09. The van der Waals surface area contributed by atoms with E-state index in [1.54, 1.807) is 24.5 Å².